The van der Waals surface area contributed by atoms with Gasteiger partial charge in [-0.3, -0.25) is 0 Å². The standard InChI is InChI=1S/C10H22N2/c1-10(2,3)9-8-11-6-5-7-12(9)4/h9,11H,5-8H2,1-4H3. The van der Waals surface area contributed by atoms with Crippen molar-refractivity contribution in [1.29, 1.82) is 0 Å². The number of rotatable bonds is 0. The molecule has 0 aromatic rings. The highest BCUT2D eigenvalue weighted by atomic mass is 15.2. The van der Waals surface area contributed by atoms with Gasteiger partial charge < -0.3 is 10.2 Å². The molecule has 1 N–H and O–H groups in total. The number of likely N-dealkylation sites (N-methyl/N-ethyl adjacent to an activating group) is 1. The zero-order valence-electron chi connectivity index (χ0n) is 8.85. The monoisotopic (exact) mass is 170 g/mol. The van der Waals surface area contributed by atoms with E-state index < -0.39 is 0 Å². The second-order valence-corrected chi connectivity index (χ2v) is 4.92. The number of hydrogen-bond donors (Lipinski definition) is 1. The SMILES string of the molecule is CN1CCCNCC1C(C)(C)C. The van der Waals surface area contributed by atoms with Crippen LogP contribution in [0.3, 0.4) is 0 Å². The fraction of sp³-hybridized carbons (Fsp3) is 1.00. The first-order valence-corrected chi connectivity index (χ1v) is 4.93. The maximum absolute atomic E-state index is 3.49. The van der Waals surface area contributed by atoms with E-state index in [4.69, 9.17) is 0 Å². The van der Waals surface area contributed by atoms with E-state index in [9.17, 15) is 0 Å². The second kappa shape index (κ2) is 3.75. The van der Waals surface area contributed by atoms with Crippen molar-refractivity contribution in [1.82, 2.24) is 10.2 Å². The van der Waals surface area contributed by atoms with Gasteiger partial charge in [0.05, 0.1) is 0 Å². The molecule has 12 heavy (non-hydrogen) atoms. The summed E-state index contributed by atoms with van der Waals surface area (Å²) in [5.41, 5.74) is 0.395. The smallest absolute Gasteiger partial charge is 0.0266 e. The van der Waals surface area contributed by atoms with E-state index in [-0.39, 0.29) is 0 Å². The van der Waals surface area contributed by atoms with E-state index in [0.717, 1.165) is 6.54 Å². The number of nitrogens with zero attached hydrogens (tertiary/aromatic N) is 1. The minimum Gasteiger partial charge on any atom is -0.315 e. The predicted molar refractivity (Wildman–Crippen MR) is 53.4 cm³/mol. The zero-order chi connectivity index (χ0) is 9.19. The highest BCUT2D eigenvalue weighted by Gasteiger charge is 2.28. The first kappa shape index (κ1) is 10.0. The topological polar surface area (TPSA) is 15.3 Å². The van der Waals surface area contributed by atoms with Crippen LogP contribution in [0.15, 0.2) is 0 Å². The molecular weight excluding hydrogens is 148 g/mol. The summed E-state index contributed by atoms with van der Waals surface area (Å²) in [5, 5.41) is 3.49. The predicted octanol–water partition coefficient (Wildman–Crippen LogP) is 1.33. The molecule has 0 aromatic heterocycles. The molecule has 1 fully saturated rings. The quantitative estimate of drug-likeness (QED) is 0.590. The van der Waals surface area contributed by atoms with Gasteiger partial charge in [0.15, 0.2) is 0 Å². The van der Waals surface area contributed by atoms with Gasteiger partial charge in [0.1, 0.15) is 0 Å². The van der Waals surface area contributed by atoms with Gasteiger partial charge in [-0.15, -0.1) is 0 Å². The lowest BCUT2D eigenvalue weighted by atomic mass is 9.86. The third-order valence-corrected chi connectivity index (χ3v) is 2.73. The van der Waals surface area contributed by atoms with Crippen molar-refractivity contribution >= 4 is 0 Å². The van der Waals surface area contributed by atoms with E-state index >= 15 is 0 Å². The Kier molecular flexibility index (Phi) is 3.13. The highest BCUT2D eigenvalue weighted by molar-refractivity contribution is 4.85. The van der Waals surface area contributed by atoms with E-state index in [1.807, 2.05) is 0 Å². The van der Waals surface area contributed by atoms with Crippen LogP contribution in [0, 0.1) is 5.41 Å². The first-order valence-electron chi connectivity index (χ1n) is 4.93. The Morgan fingerprint density at radius 1 is 1.33 bits per heavy atom. The average Bonchev–Trinajstić information content (AvgIpc) is 2.11. The maximum atomic E-state index is 3.49. The lowest BCUT2D eigenvalue weighted by molar-refractivity contribution is 0.137. The normalized spacial score (nSPS) is 28.5. The summed E-state index contributed by atoms with van der Waals surface area (Å²) in [6, 6.07) is 0.681. The lowest BCUT2D eigenvalue weighted by Gasteiger charge is -2.36. The van der Waals surface area contributed by atoms with Gasteiger partial charge in [-0.05, 0) is 32.0 Å². The molecular formula is C10H22N2. The second-order valence-electron chi connectivity index (χ2n) is 4.92. The Hall–Kier alpha value is -0.0800. The van der Waals surface area contributed by atoms with Gasteiger partial charge in [0.25, 0.3) is 0 Å². The summed E-state index contributed by atoms with van der Waals surface area (Å²) >= 11 is 0. The zero-order valence-corrected chi connectivity index (χ0v) is 8.85. The van der Waals surface area contributed by atoms with Crippen molar-refractivity contribution < 1.29 is 0 Å². The molecule has 0 aliphatic carbocycles. The van der Waals surface area contributed by atoms with Crippen LogP contribution < -0.4 is 5.32 Å². The third-order valence-electron chi connectivity index (χ3n) is 2.73. The van der Waals surface area contributed by atoms with Gasteiger partial charge >= 0.3 is 0 Å². The van der Waals surface area contributed by atoms with Crippen LogP contribution in [0.2, 0.25) is 0 Å². The van der Waals surface area contributed by atoms with Crippen molar-refractivity contribution in [2.45, 2.75) is 33.2 Å². The maximum Gasteiger partial charge on any atom is 0.0266 e. The Morgan fingerprint density at radius 2 is 2.00 bits per heavy atom. The summed E-state index contributed by atoms with van der Waals surface area (Å²) in [5.74, 6) is 0. The summed E-state index contributed by atoms with van der Waals surface area (Å²) in [7, 11) is 2.24. The molecule has 1 aliphatic rings. The van der Waals surface area contributed by atoms with E-state index in [2.05, 4.69) is 38.0 Å². The van der Waals surface area contributed by atoms with Crippen LogP contribution >= 0.6 is 0 Å². The van der Waals surface area contributed by atoms with Crippen LogP contribution in [-0.2, 0) is 0 Å². The third kappa shape index (κ3) is 2.46. The van der Waals surface area contributed by atoms with Crippen LogP contribution in [0.1, 0.15) is 27.2 Å². The molecule has 0 spiro atoms. The summed E-state index contributed by atoms with van der Waals surface area (Å²) in [4.78, 5) is 2.49. The van der Waals surface area contributed by atoms with E-state index in [1.165, 1.54) is 19.5 Å². The lowest BCUT2D eigenvalue weighted by Crippen LogP contribution is -2.46. The molecule has 1 aliphatic heterocycles. The Bertz CT molecular complexity index is 137. The molecule has 1 rings (SSSR count). The van der Waals surface area contributed by atoms with Gasteiger partial charge in [-0.1, -0.05) is 20.8 Å². The largest absolute Gasteiger partial charge is 0.315 e. The summed E-state index contributed by atoms with van der Waals surface area (Å²) in [6.45, 7) is 10.5. The fourth-order valence-corrected chi connectivity index (χ4v) is 1.97. The molecule has 0 radical (unpaired) electrons. The molecule has 72 valence electrons. The minimum atomic E-state index is 0.395. The van der Waals surface area contributed by atoms with E-state index in [1.54, 1.807) is 0 Å². The first-order chi connectivity index (χ1) is 5.52. The van der Waals surface area contributed by atoms with Crippen molar-refractivity contribution in [3.63, 3.8) is 0 Å². The molecule has 0 bridgehead atoms. The van der Waals surface area contributed by atoms with E-state index in [0.29, 0.717) is 11.5 Å². The molecule has 1 unspecified atom stereocenters. The molecule has 2 nitrogen and oxygen atoms in total. The Balaban J connectivity index is 2.59. The van der Waals surface area contributed by atoms with Gasteiger partial charge in [-0.2, -0.15) is 0 Å². The van der Waals surface area contributed by atoms with Crippen LogP contribution in [0.5, 0.6) is 0 Å². The number of nitrogens with one attached hydrogen (secondary N) is 1. The molecule has 1 saturated heterocycles. The summed E-state index contributed by atoms with van der Waals surface area (Å²) in [6.07, 6.45) is 1.28. The van der Waals surface area contributed by atoms with Crippen molar-refractivity contribution in [2.75, 3.05) is 26.7 Å². The van der Waals surface area contributed by atoms with Crippen LogP contribution in [-0.4, -0.2) is 37.6 Å². The van der Waals surface area contributed by atoms with Gasteiger partial charge in [0, 0.05) is 12.6 Å². The molecule has 0 aromatic carbocycles. The molecule has 2 heteroatoms. The van der Waals surface area contributed by atoms with Crippen molar-refractivity contribution in [3.05, 3.63) is 0 Å². The molecule has 0 amide bonds. The Labute approximate surface area is 76.3 Å². The molecule has 1 atom stereocenters. The fourth-order valence-electron chi connectivity index (χ4n) is 1.97. The molecule has 0 saturated carbocycles. The van der Waals surface area contributed by atoms with Crippen LogP contribution in [0.25, 0.3) is 0 Å². The number of hydrogen-bond acceptors (Lipinski definition) is 2. The average molecular weight is 170 g/mol. The highest BCUT2D eigenvalue weighted by Crippen LogP contribution is 2.23. The van der Waals surface area contributed by atoms with Crippen molar-refractivity contribution in [2.24, 2.45) is 5.41 Å². The molecule has 1 heterocycles. The van der Waals surface area contributed by atoms with Crippen LogP contribution in [0.4, 0.5) is 0 Å². The van der Waals surface area contributed by atoms with Crippen molar-refractivity contribution in [3.8, 4) is 0 Å². The van der Waals surface area contributed by atoms with Gasteiger partial charge in [0.2, 0.25) is 0 Å². The Morgan fingerprint density at radius 3 is 2.58 bits per heavy atom. The summed E-state index contributed by atoms with van der Waals surface area (Å²) < 4.78 is 0. The minimum absolute atomic E-state index is 0.395. The van der Waals surface area contributed by atoms with Gasteiger partial charge in [-0.25, -0.2) is 0 Å².